The molecule has 0 bridgehead atoms. The third-order valence-corrected chi connectivity index (χ3v) is 4.24. The Labute approximate surface area is 136 Å². The van der Waals surface area contributed by atoms with E-state index < -0.39 is 5.72 Å². The van der Waals surface area contributed by atoms with Gasteiger partial charge in [-0.25, -0.2) is 0 Å². The molecule has 0 fully saturated rings. The number of halogens is 1. The average molecular weight is 360 g/mol. The van der Waals surface area contributed by atoms with E-state index in [9.17, 15) is 9.90 Å². The van der Waals surface area contributed by atoms with Crippen LogP contribution >= 0.6 is 15.9 Å². The Kier molecular flexibility index (Phi) is 3.80. The first kappa shape index (κ1) is 14.9. The lowest BCUT2D eigenvalue weighted by Gasteiger charge is -2.31. The molecule has 1 aromatic heterocycles. The maximum atomic E-state index is 12.8. The summed E-state index contributed by atoms with van der Waals surface area (Å²) in [4.78, 5) is 16.8. The van der Waals surface area contributed by atoms with Crippen molar-refractivity contribution in [2.24, 2.45) is 5.10 Å². The van der Waals surface area contributed by atoms with Crippen molar-refractivity contribution < 1.29 is 9.90 Å². The molecule has 1 aliphatic rings. The molecule has 1 amide bonds. The summed E-state index contributed by atoms with van der Waals surface area (Å²) in [6.07, 6.45) is 3.43. The van der Waals surface area contributed by atoms with Crippen LogP contribution in [0.25, 0.3) is 0 Å². The number of hydrazone groups is 1. The fraction of sp³-hybridized carbons (Fsp3) is 0.188. The molecule has 1 aromatic carbocycles. The molecule has 0 saturated carbocycles. The van der Waals surface area contributed by atoms with Gasteiger partial charge in [0.15, 0.2) is 5.72 Å². The fourth-order valence-electron chi connectivity index (χ4n) is 2.51. The number of aliphatic hydroxyl groups is 1. The van der Waals surface area contributed by atoms with E-state index in [1.807, 2.05) is 6.07 Å². The Morgan fingerprint density at radius 1 is 1.32 bits per heavy atom. The first-order valence-corrected chi connectivity index (χ1v) is 7.58. The highest BCUT2D eigenvalue weighted by Gasteiger charge is 2.45. The summed E-state index contributed by atoms with van der Waals surface area (Å²) in [5.41, 5.74) is 0.163. The number of nitrogens with zero attached hydrogens (tertiary/aromatic N) is 3. The molecule has 22 heavy (non-hydrogen) atoms. The molecule has 6 heteroatoms. The van der Waals surface area contributed by atoms with Crippen LogP contribution in [0.4, 0.5) is 0 Å². The minimum absolute atomic E-state index is 0.259. The minimum atomic E-state index is -1.51. The van der Waals surface area contributed by atoms with Crippen molar-refractivity contribution in [2.75, 3.05) is 0 Å². The van der Waals surface area contributed by atoms with Crippen molar-refractivity contribution in [3.05, 3.63) is 64.4 Å². The van der Waals surface area contributed by atoms with E-state index in [-0.39, 0.29) is 12.3 Å². The highest BCUT2D eigenvalue weighted by molar-refractivity contribution is 9.10. The second-order valence-corrected chi connectivity index (χ2v) is 6.02. The Bertz CT molecular complexity index is 748. The van der Waals surface area contributed by atoms with Crippen molar-refractivity contribution in [1.82, 2.24) is 9.99 Å². The van der Waals surface area contributed by atoms with Gasteiger partial charge in [-0.2, -0.15) is 10.1 Å². The molecule has 1 atom stereocenters. The highest BCUT2D eigenvalue weighted by Crippen LogP contribution is 2.36. The van der Waals surface area contributed by atoms with E-state index in [0.717, 1.165) is 5.01 Å². The van der Waals surface area contributed by atoms with Gasteiger partial charge in [0.25, 0.3) is 5.91 Å². The van der Waals surface area contributed by atoms with Crippen molar-refractivity contribution in [3.8, 4) is 0 Å². The molecule has 5 nitrogen and oxygen atoms in total. The molecular weight excluding hydrogens is 346 g/mol. The monoisotopic (exact) mass is 359 g/mol. The highest BCUT2D eigenvalue weighted by atomic mass is 79.9. The average Bonchev–Trinajstić information content (AvgIpc) is 2.84. The third-order valence-electron chi connectivity index (χ3n) is 3.54. The van der Waals surface area contributed by atoms with Crippen LogP contribution in [0.1, 0.15) is 29.3 Å². The van der Waals surface area contributed by atoms with Crippen molar-refractivity contribution in [3.63, 3.8) is 0 Å². The predicted octanol–water partition coefficient (Wildman–Crippen LogP) is 2.91. The van der Waals surface area contributed by atoms with E-state index >= 15 is 0 Å². The third kappa shape index (κ3) is 2.44. The summed E-state index contributed by atoms with van der Waals surface area (Å²) in [5, 5.41) is 16.4. The number of aromatic nitrogens is 1. The summed E-state index contributed by atoms with van der Waals surface area (Å²) >= 11 is 3.36. The topological polar surface area (TPSA) is 65.8 Å². The molecule has 112 valence electrons. The molecule has 0 aliphatic carbocycles. The Morgan fingerprint density at radius 2 is 2.09 bits per heavy atom. The Morgan fingerprint density at radius 3 is 2.77 bits per heavy atom. The molecule has 2 heterocycles. The first-order chi connectivity index (χ1) is 10.5. The number of pyridine rings is 1. The van der Waals surface area contributed by atoms with Crippen molar-refractivity contribution in [2.45, 2.75) is 19.1 Å². The van der Waals surface area contributed by atoms with Crippen molar-refractivity contribution >= 4 is 27.5 Å². The van der Waals surface area contributed by atoms with Gasteiger partial charge >= 0.3 is 0 Å². The lowest BCUT2D eigenvalue weighted by atomic mass is 9.99. The minimum Gasteiger partial charge on any atom is -0.365 e. The van der Waals surface area contributed by atoms with Crippen LogP contribution in [-0.4, -0.2) is 26.7 Å². The molecule has 3 rings (SSSR count). The molecule has 1 N–H and O–H groups in total. The fourth-order valence-corrected chi connectivity index (χ4v) is 2.96. The summed E-state index contributed by atoms with van der Waals surface area (Å²) in [7, 11) is 0. The number of carbonyl (C=O) groups excluding carboxylic acids is 1. The van der Waals surface area contributed by atoms with Gasteiger partial charge in [0.2, 0.25) is 0 Å². The summed E-state index contributed by atoms with van der Waals surface area (Å²) in [6.45, 7) is 1.79. The van der Waals surface area contributed by atoms with Crippen LogP contribution in [0.3, 0.4) is 0 Å². The summed E-state index contributed by atoms with van der Waals surface area (Å²) in [5.74, 6) is -0.365. The van der Waals surface area contributed by atoms with Crippen LogP contribution in [0, 0.1) is 0 Å². The first-order valence-electron chi connectivity index (χ1n) is 6.78. The van der Waals surface area contributed by atoms with Gasteiger partial charge in [0.1, 0.15) is 0 Å². The molecule has 0 saturated heterocycles. The zero-order chi connectivity index (χ0) is 15.7. The number of hydrogen-bond acceptors (Lipinski definition) is 4. The SMILES string of the molecule is CC1=NN(C(=O)c2ccccc2Br)[C@](O)(c2cccnc2)C1. The van der Waals surface area contributed by atoms with Crippen LogP contribution in [0.15, 0.2) is 58.4 Å². The Hall–Kier alpha value is -2.05. The zero-order valence-corrected chi connectivity index (χ0v) is 13.5. The number of carbonyl (C=O) groups is 1. The smallest absolute Gasteiger partial charge is 0.278 e. The molecular formula is C16H14BrN3O2. The zero-order valence-electron chi connectivity index (χ0n) is 11.9. The predicted molar refractivity (Wildman–Crippen MR) is 86.2 cm³/mol. The largest absolute Gasteiger partial charge is 0.365 e. The number of rotatable bonds is 2. The normalized spacial score (nSPS) is 20.9. The maximum Gasteiger partial charge on any atom is 0.278 e. The van der Waals surface area contributed by atoms with Crippen LogP contribution < -0.4 is 0 Å². The van der Waals surface area contributed by atoms with Crippen LogP contribution in [0.2, 0.25) is 0 Å². The Balaban J connectivity index is 2.04. The second kappa shape index (κ2) is 5.62. The number of benzene rings is 1. The van der Waals surface area contributed by atoms with Gasteiger partial charge in [-0.3, -0.25) is 9.78 Å². The molecule has 1 aliphatic heterocycles. The lowest BCUT2D eigenvalue weighted by molar-refractivity contribution is -0.0767. The molecule has 2 aromatic rings. The van der Waals surface area contributed by atoms with Gasteiger partial charge in [-0.15, -0.1) is 0 Å². The van der Waals surface area contributed by atoms with E-state index in [4.69, 9.17) is 0 Å². The van der Waals surface area contributed by atoms with Crippen LogP contribution in [0.5, 0.6) is 0 Å². The lowest BCUT2D eigenvalue weighted by Crippen LogP contribution is -2.43. The standard InChI is InChI=1S/C16H14BrN3O2/c1-11-9-16(22,12-5-4-8-18-10-12)20(19-11)15(21)13-6-2-3-7-14(13)17/h2-8,10,22H,9H2,1H3/t16-/m1/s1. The van der Waals surface area contributed by atoms with Gasteiger partial charge < -0.3 is 5.11 Å². The molecule has 0 unspecified atom stereocenters. The summed E-state index contributed by atoms with van der Waals surface area (Å²) in [6, 6.07) is 10.5. The molecule has 0 radical (unpaired) electrons. The van der Waals surface area contributed by atoms with Crippen LogP contribution in [-0.2, 0) is 5.72 Å². The van der Waals surface area contributed by atoms with Gasteiger partial charge in [-0.05, 0) is 41.1 Å². The second-order valence-electron chi connectivity index (χ2n) is 5.17. The quantitative estimate of drug-likeness (QED) is 0.896. The number of amides is 1. The maximum absolute atomic E-state index is 12.8. The van der Waals surface area contributed by atoms with Gasteiger partial charge in [0, 0.05) is 34.6 Å². The van der Waals surface area contributed by atoms with Gasteiger partial charge in [-0.1, -0.05) is 18.2 Å². The number of hydrogen-bond donors (Lipinski definition) is 1. The molecule has 0 spiro atoms. The summed E-state index contributed by atoms with van der Waals surface area (Å²) < 4.78 is 0.660. The van der Waals surface area contributed by atoms with E-state index in [0.29, 0.717) is 21.3 Å². The van der Waals surface area contributed by atoms with Gasteiger partial charge in [0.05, 0.1) is 5.56 Å². The van der Waals surface area contributed by atoms with E-state index in [1.54, 1.807) is 49.6 Å². The van der Waals surface area contributed by atoms with E-state index in [2.05, 4.69) is 26.0 Å². The van der Waals surface area contributed by atoms with E-state index in [1.165, 1.54) is 0 Å². The van der Waals surface area contributed by atoms with Crippen molar-refractivity contribution in [1.29, 1.82) is 0 Å².